The van der Waals surface area contributed by atoms with Gasteiger partial charge in [0.25, 0.3) is 0 Å². The maximum absolute atomic E-state index is 11.6. The summed E-state index contributed by atoms with van der Waals surface area (Å²) >= 11 is 0. The molecule has 1 aromatic rings. The van der Waals surface area contributed by atoms with E-state index in [-0.39, 0.29) is 31.0 Å². The Balaban J connectivity index is 2.49. The molecule has 0 bridgehead atoms. The van der Waals surface area contributed by atoms with Crippen molar-refractivity contribution in [3.63, 3.8) is 0 Å². The summed E-state index contributed by atoms with van der Waals surface area (Å²) in [6.45, 7) is 3.19. The van der Waals surface area contributed by atoms with Gasteiger partial charge in [0.2, 0.25) is 0 Å². The lowest BCUT2D eigenvalue weighted by Crippen LogP contribution is -2.42. The molecule has 1 aromatic carbocycles. The third-order valence-corrected chi connectivity index (χ3v) is 2.73. The van der Waals surface area contributed by atoms with E-state index in [0.717, 1.165) is 5.56 Å². The second-order valence-electron chi connectivity index (χ2n) is 4.48. The second-order valence-corrected chi connectivity index (χ2v) is 4.48. The molecule has 0 aliphatic carbocycles. The van der Waals surface area contributed by atoms with E-state index in [1.54, 1.807) is 6.92 Å². The zero-order valence-corrected chi connectivity index (χ0v) is 11.7. The molecular weight excluding hydrogens is 258 g/mol. The average Bonchev–Trinajstić information content (AvgIpc) is 2.44. The molecule has 0 fully saturated rings. The van der Waals surface area contributed by atoms with E-state index in [0.29, 0.717) is 0 Å². The average molecular weight is 277 g/mol. The van der Waals surface area contributed by atoms with Gasteiger partial charge in [0.05, 0.1) is 6.04 Å². The summed E-state index contributed by atoms with van der Waals surface area (Å²) in [5.74, 6) is -0.336. The molecule has 0 saturated heterocycles. The predicted molar refractivity (Wildman–Crippen MR) is 74.1 cm³/mol. The number of hydrogen-bond donors (Lipinski definition) is 1. The Morgan fingerprint density at radius 3 is 2.40 bits per heavy atom. The van der Waals surface area contributed by atoms with Crippen LogP contribution in [0.2, 0.25) is 0 Å². The lowest BCUT2D eigenvalue weighted by molar-refractivity contribution is -0.125. The summed E-state index contributed by atoms with van der Waals surface area (Å²) in [5.41, 5.74) is 0.854. The number of amides is 1. The summed E-state index contributed by atoms with van der Waals surface area (Å²) in [7, 11) is 0. The number of ketones is 2. The van der Waals surface area contributed by atoms with Crippen LogP contribution in [0.4, 0.5) is 4.79 Å². The first-order valence-electron chi connectivity index (χ1n) is 6.52. The number of rotatable bonds is 7. The number of alkyl carbamates (subject to hydrolysis) is 1. The van der Waals surface area contributed by atoms with Crippen LogP contribution in [0.3, 0.4) is 0 Å². The molecular formula is C15H19NO4. The first-order valence-corrected chi connectivity index (χ1v) is 6.52. The van der Waals surface area contributed by atoms with E-state index >= 15 is 0 Å². The van der Waals surface area contributed by atoms with E-state index in [1.807, 2.05) is 30.3 Å². The van der Waals surface area contributed by atoms with Gasteiger partial charge in [-0.1, -0.05) is 37.3 Å². The van der Waals surface area contributed by atoms with Crippen molar-refractivity contribution in [1.29, 1.82) is 0 Å². The Bertz CT molecular complexity index is 470. The van der Waals surface area contributed by atoms with Gasteiger partial charge in [0.1, 0.15) is 12.4 Å². The Labute approximate surface area is 118 Å². The normalized spacial score (nSPS) is 11.5. The van der Waals surface area contributed by atoms with E-state index in [9.17, 15) is 14.4 Å². The molecule has 1 atom stereocenters. The minimum atomic E-state index is -0.805. The van der Waals surface area contributed by atoms with E-state index < -0.39 is 12.1 Å². The molecule has 0 heterocycles. The van der Waals surface area contributed by atoms with E-state index in [4.69, 9.17) is 4.74 Å². The lowest BCUT2D eigenvalue weighted by atomic mass is 10.1. The van der Waals surface area contributed by atoms with Gasteiger partial charge in [0, 0.05) is 12.8 Å². The van der Waals surface area contributed by atoms with Gasteiger partial charge in [0.15, 0.2) is 5.78 Å². The van der Waals surface area contributed by atoms with E-state index in [2.05, 4.69) is 5.32 Å². The smallest absolute Gasteiger partial charge is 0.408 e. The van der Waals surface area contributed by atoms with Crippen LogP contribution < -0.4 is 5.32 Å². The third kappa shape index (κ3) is 5.65. The van der Waals surface area contributed by atoms with Crippen LogP contribution in [-0.2, 0) is 20.9 Å². The number of carbonyl (C=O) groups is 3. The molecule has 0 aliphatic heterocycles. The molecule has 5 heteroatoms. The van der Waals surface area contributed by atoms with Crippen LogP contribution in [0, 0.1) is 0 Å². The molecule has 5 nitrogen and oxygen atoms in total. The topological polar surface area (TPSA) is 72.5 Å². The Kier molecular flexibility index (Phi) is 6.43. The van der Waals surface area contributed by atoms with Crippen LogP contribution in [0.15, 0.2) is 30.3 Å². The molecule has 20 heavy (non-hydrogen) atoms. The lowest BCUT2D eigenvalue weighted by Gasteiger charge is -2.15. The van der Waals surface area contributed by atoms with Crippen molar-refractivity contribution in [3.8, 4) is 0 Å². The highest BCUT2D eigenvalue weighted by molar-refractivity contribution is 5.91. The first kappa shape index (κ1) is 15.9. The highest BCUT2D eigenvalue weighted by atomic mass is 16.5. The Morgan fingerprint density at radius 1 is 1.20 bits per heavy atom. The molecule has 0 radical (unpaired) electrons. The van der Waals surface area contributed by atoms with Crippen molar-refractivity contribution in [2.24, 2.45) is 0 Å². The molecule has 0 saturated carbocycles. The number of nitrogens with one attached hydrogen (secondary N) is 1. The Hall–Kier alpha value is -2.17. The second kappa shape index (κ2) is 8.09. The Morgan fingerprint density at radius 2 is 1.85 bits per heavy atom. The van der Waals surface area contributed by atoms with Crippen molar-refractivity contribution in [2.75, 3.05) is 0 Å². The van der Waals surface area contributed by atoms with Gasteiger partial charge in [-0.25, -0.2) is 4.79 Å². The highest BCUT2D eigenvalue weighted by Crippen LogP contribution is 2.03. The number of carbonyl (C=O) groups excluding carboxylic acids is 3. The number of benzene rings is 1. The number of ether oxygens (including phenoxy) is 1. The molecule has 0 unspecified atom stereocenters. The summed E-state index contributed by atoms with van der Waals surface area (Å²) in [6.07, 6.45) is -0.439. The summed E-state index contributed by atoms with van der Waals surface area (Å²) < 4.78 is 5.02. The number of hydrogen-bond acceptors (Lipinski definition) is 4. The van der Waals surface area contributed by atoms with Crippen molar-refractivity contribution >= 4 is 17.7 Å². The maximum Gasteiger partial charge on any atom is 0.408 e. The number of Topliss-reactive ketones (excluding diaryl/α,β-unsaturated/α-hetero) is 2. The van der Waals surface area contributed by atoms with Crippen LogP contribution in [0.1, 0.15) is 32.3 Å². The molecule has 1 N–H and O–H groups in total. The van der Waals surface area contributed by atoms with Crippen molar-refractivity contribution in [3.05, 3.63) is 35.9 Å². The molecule has 108 valence electrons. The fraction of sp³-hybridized carbons (Fsp3) is 0.400. The summed E-state index contributed by atoms with van der Waals surface area (Å²) in [5, 5.41) is 2.44. The first-order chi connectivity index (χ1) is 9.52. The van der Waals surface area contributed by atoms with E-state index in [1.165, 1.54) is 6.92 Å². The largest absolute Gasteiger partial charge is 0.445 e. The highest BCUT2D eigenvalue weighted by Gasteiger charge is 2.21. The van der Waals surface area contributed by atoms with Gasteiger partial charge in [-0.2, -0.15) is 0 Å². The molecule has 0 spiro atoms. The fourth-order valence-electron chi connectivity index (χ4n) is 1.69. The van der Waals surface area contributed by atoms with Gasteiger partial charge >= 0.3 is 6.09 Å². The minimum Gasteiger partial charge on any atom is -0.445 e. The van der Waals surface area contributed by atoms with Crippen LogP contribution in [0.25, 0.3) is 0 Å². The zero-order chi connectivity index (χ0) is 15.0. The van der Waals surface area contributed by atoms with Gasteiger partial charge in [-0.15, -0.1) is 0 Å². The predicted octanol–water partition coefficient (Wildman–Crippen LogP) is 2.24. The van der Waals surface area contributed by atoms with Crippen LogP contribution in [-0.4, -0.2) is 23.7 Å². The maximum atomic E-state index is 11.6. The monoisotopic (exact) mass is 277 g/mol. The zero-order valence-electron chi connectivity index (χ0n) is 11.7. The standard InChI is InChI=1S/C15H19NO4/c1-3-14(18)13(9-11(2)17)16-15(19)20-10-12-7-5-4-6-8-12/h4-8,13H,3,9-10H2,1-2H3,(H,16,19)/t13-/m0/s1. The van der Waals surface area contributed by atoms with Crippen molar-refractivity contribution in [1.82, 2.24) is 5.32 Å². The molecule has 0 aromatic heterocycles. The van der Waals surface area contributed by atoms with Gasteiger partial charge < -0.3 is 10.1 Å². The van der Waals surface area contributed by atoms with Crippen molar-refractivity contribution in [2.45, 2.75) is 39.3 Å². The molecule has 1 rings (SSSR count). The van der Waals surface area contributed by atoms with Crippen LogP contribution >= 0.6 is 0 Å². The third-order valence-electron chi connectivity index (χ3n) is 2.73. The quantitative estimate of drug-likeness (QED) is 0.829. The fourth-order valence-corrected chi connectivity index (χ4v) is 1.69. The summed E-state index contributed by atoms with van der Waals surface area (Å²) in [4.78, 5) is 34.4. The van der Waals surface area contributed by atoms with Gasteiger partial charge in [-0.05, 0) is 12.5 Å². The summed E-state index contributed by atoms with van der Waals surface area (Å²) in [6, 6.07) is 8.41. The minimum absolute atomic E-state index is 0.00684. The molecule has 1 amide bonds. The van der Waals surface area contributed by atoms with Crippen molar-refractivity contribution < 1.29 is 19.1 Å². The van der Waals surface area contributed by atoms with Gasteiger partial charge in [-0.3, -0.25) is 9.59 Å². The SMILES string of the molecule is CCC(=O)[C@H](CC(C)=O)NC(=O)OCc1ccccc1. The van der Waals surface area contributed by atoms with Crippen LogP contribution in [0.5, 0.6) is 0 Å². The molecule has 0 aliphatic rings.